The molecule has 1 amide bonds. The van der Waals surface area contributed by atoms with E-state index in [-0.39, 0.29) is 23.5 Å². The van der Waals surface area contributed by atoms with Gasteiger partial charge in [0.25, 0.3) is 0 Å². The molecule has 0 bridgehead atoms. The van der Waals surface area contributed by atoms with E-state index >= 15 is 0 Å². The van der Waals surface area contributed by atoms with Crippen LogP contribution in [-0.2, 0) is 14.6 Å². The third-order valence-electron chi connectivity index (χ3n) is 3.77. The molecule has 130 valence electrons. The zero-order valence-corrected chi connectivity index (χ0v) is 15.7. The maximum atomic E-state index is 12.4. The van der Waals surface area contributed by atoms with E-state index in [9.17, 15) is 13.2 Å². The molecule has 0 spiro atoms. The normalized spacial score (nSPS) is 13.5. The van der Waals surface area contributed by atoms with Crippen molar-refractivity contribution in [1.82, 2.24) is 9.88 Å². The molecule has 1 aromatic heterocycles. The van der Waals surface area contributed by atoms with Crippen LogP contribution >= 0.6 is 11.3 Å². The van der Waals surface area contributed by atoms with Crippen LogP contribution in [0.5, 0.6) is 0 Å². The summed E-state index contributed by atoms with van der Waals surface area (Å²) in [6, 6.07) is 7.44. The number of aromatic nitrogens is 1. The largest absolute Gasteiger partial charge is 0.336 e. The average molecular weight is 367 g/mol. The number of carbonyl (C=O) groups excluding carboxylic acids is 1. The highest BCUT2D eigenvalue weighted by atomic mass is 32.2. The molecule has 2 rings (SSSR count). The fourth-order valence-corrected chi connectivity index (χ4v) is 4.48. The summed E-state index contributed by atoms with van der Waals surface area (Å²) in [7, 11) is -3.12. The van der Waals surface area contributed by atoms with Gasteiger partial charge in [-0.1, -0.05) is 19.1 Å². The molecule has 0 radical (unpaired) electrons. The van der Waals surface area contributed by atoms with E-state index in [0.29, 0.717) is 6.54 Å². The molecule has 0 saturated heterocycles. The van der Waals surface area contributed by atoms with E-state index in [2.05, 4.69) is 4.98 Å². The number of likely N-dealkylation sites (N-methyl/N-ethyl adjacent to an activating group) is 1. The van der Waals surface area contributed by atoms with Crippen molar-refractivity contribution in [3.05, 3.63) is 35.3 Å². The fourth-order valence-electron chi connectivity index (χ4n) is 2.46. The first-order valence-electron chi connectivity index (χ1n) is 7.91. The first-order chi connectivity index (χ1) is 11.4. The number of rotatable bonds is 7. The van der Waals surface area contributed by atoms with Gasteiger partial charge in [0.1, 0.15) is 5.01 Å². The molecule has 0 N–H and O–H groups in total. The van der Waals surface area contributed by atoms with Gasteiger partial charge in [-0.25, -0.2) is 13.4 Å². The lowest BCUT2D eigenvalue weighted by Gasteiger charge is -2.26. The Morgan fingerprint density at radius 3 is 2.67 bits per heavy atom. The zero-order valence-electron chi connectivity index (χ0n) is 14.1. The summed E-state index contributed by atoms with van der Waals surface area (Å²) >= 11 is 1.52. The lowest BCUT2D eigenvalue weighted by molar-refractivity contribution is -0.127. The summed E-state index contributed by atoms with van der Waals surface area (Å²) in [4.78, 5) is 18.4. The van der Waals surface area contributed by atoms with Crippen molar-refractivity contribution in [2.45, 2.75) is 26.8 Å². The summed E-state index contributed by atoms with van der Waals surface area (Å²) < 4.78 is 24.6. The summed E-state index contributed by atoms with van der Waals surface area (Å²) in [5, 5.41) is 0.759. The number of sulfone groups is 1. The van der Waals surface area contributed by atoms with Crippen LogP contribution in [0.15, 0.2) is 30.3 Å². The highest BCUT2D eigenvalue weighted by molar-refractivity contribution is 7.91. The van der Waals surface area contributed by atoms with Gasteiger partial charge in [0.2, 0.25) is 5.91 Å². The highest BCUT2D eigenvalue weighted by Crippen LogP contribution is 2.22. The number of fused-ring (bicyclic) bond motifs is 1. The van der Waals surface area contributed by atoms with Gasteiger partial charge in [0, 0.05) is 24.4 Å². The van der Waals surface area contributed by atoms with E-state index in [4.69, 9.17) is 0 Å². The van der Waals surface area contributed by atoms with E-state index < -0.39 is 9.84 Å². The smallest absolute Gasteiger partial charge is 0.246 e. The standard InChI is InChI=1S/C17H22N2O3S2/c1-4-19(13(3)12-24(21,22)5-2)17(20)11-10-16-18-14-8-6-7-9-15(14)23-16/h6-11,13H,4-5,12H2,1-3H3/b11-10+. The van der Waals surface area contributed by atoms with Crippen LogP contribution in [0.3, 0.4) is 0 Å². The minimum Gasteiger partial charge on any atom is -0.336 e. The summed E-state index contributed by atoms with van der Waals surface area (Å²) in [6.07, 6.45) is 3.16. The van der Waals surface area contributed by atoms with Gasteiger partial charge in [-0.3, -0.25) is 4.79 Å². The predicted octanol–water partition coefficient (Wildman–Crippen LogP) is 2.98. The molecule has 5 nitrogen and oxygen atoms in total. The Kier molecular flexibility index (Phi) is 6.12. The number of para-hydroxylation sites is 1. The Morgan fingerprint density at radius 1 is 1.33 bits per heavy atom. The van der Waals surface area contributed by atoms with Gasteiger partial charge >= 0.3 is 0 Å². The maximum absolute atomic E-state index is 12.4. The van der Waals surface area contributed by atoms with Crippen LogP contribution in [0.1, 0.15) is 25.8 Å². The van der Waals surface area contributed by atoms with Crippen LogP contribution in [0.25, 0.3) is 16.3 Å². The second kappa shape index (κ2) is 7.90. The Labute approximate surface area is 146 Å². The number of hydrogen-bond donors (Lipinski definition) is 0. The quantitative estimate of drug-likeness (QED) is 0.707. The monoisotopic (exact) mass is 366 g/mol. The van der Waals surface area contributed by atoms with Crippen molar-refractivity contribution < 1.29 is 13.2 Å². The van der Waals surface area contributed by atoms with E-state index in [0.717, 1.165) is 15.2 Å². The predicted molar refractivity (Wildman–Crippen MR) is 99.8 cm³/mol. The van der Waals surface area contributed by atoms with Crippen molar-refractivity contribution in [3.8, 4) is 0 Å². The van der Waals surface area contributed by atoms with Crippen molar-refractivity contribution in [3.63, 3.8) is 0 Å². The molecule has 1 aromatic carbocycles. The van der Waals surface area contributed by atoms with Crippen LogP contribution < -0.4 is 0 Å². The van der Waals surface area contributed by atoms with E-state index in [1.54, 1.807) is 24.8 Å². The second-order valence-corrected chi connectivity index (χ2v) is 8.99. The first kappa shape index (κ1) is 18.6. The van der Waals surface area contributed by atoms with Gasteiger partial charge in [0.05, 0.1) is 16.0 Å². The molecule has 1 heterocycles. The molecule has 0 saturated carbocycles. The molecule has 0 aliphatic rings. The molecule has 0 aliphatic carbocycles. The molecule has 24 heavy (non-hydrogen) atoms. The number of nitrogens with zero attached hydrogens (tertiary/aromatic N) is 2. The van der Waals surface area contributed by atoms with Gasteiger partial charge in [-0.2, -0.15) is 0 Å². The van der Waals surface area contributed by atoms with Crippen LogP contribution in [-0.4, -0.2) is 48.3 Å². The van der Waals surface area contributed by atoms with Gasteiger partial charge in [-0.15, -0.1) is 11.3 Å². The molecule has 0 fully saturated rings. The number of thiazole rings is 1. The third-order valence-corrected chi connectivity index (χ3v) is 6.64. The van der Waals surface area contributed by atoms with E-state index in [1.807, 2.05) is 31.2 Å². The minimum atomic E-state index is -3.12. The minimum absolute atomic E-state index is 0.0158. The van der Waals surface area contributed by atoms with E-state index in [1.165, 1.54) is 17.4 Å². The Morgan fingerprint density at radius 2 is 2.04 bits per heavy atom. The third kappa shape index (κ3) is 4.64. The van der Waals surface area contributed by atoms with Crippen molar-refractivity contribution in [1.29, 1.82) is 0 Å². The van der Waals surface area contributed by atoms with Crippen LogP contribution in [0.2, 0.25) is 0 Å². The zero-order chi connectivity index (χ0) is 17.7. The molecule has 7 heteroatoms. The van der Waals surface area contributed by atoms with Crippen molar-refractivity contribution >= 4 is 43.4 Å². The van der Waals surface area contributed by atoms with Crippen LogP contribution in [0, 0.1) is 0 Å². The highest BCUT2D eigenvalue weighted by Gasteiger charge is 2.21. The van der Waals surface area contributed by atoms with Gasteiger partial charge in [-0.05, 0) is 32.1 Å². The fraction of sp³-hybridized carbons (Fsp3) is 0.412. The number of hydrogen-bond acceptors (Lipinski definition) is 5. The number of carbonyl (C=O) groups is 1. The summed E-state index contributed by atoms with van der Waals surface area (Å²) in [6.45, 7) is 5.69. The Balaban J connectivity index is 2.10. The molecule has 0 aliphatic heterocycles. The second-order valence-electron chi connectivity index (χ2n) is 5.53. The lowest BCUT2D eigenvalue weighted by atomic mass is 10.3. The molecular weight excluding hydrogens is 344 g/mol. The number of benzene rings is 1. The molecular formula is C17H22N2O3S2. The van der Waals surface area contributed by atoms with Crippen molar-refractivity contribution in [2.24, 2.45) is 0 Å². The first-order valence-corrected chi connectivity index (χ1v) is 10.5. The lowest BCUT2D eigenvalue weighted by Crippen LogP contribution is -2.41. The van der Waals surface area contributed by atoms with Gasteiger partial charge in [0.15, 0.2) is 9.84 Å². The Bertz CT molecular complexity index is 807. The Hall–Kier alpha value is -1.73. The number of amides is 1. The summed E-state index contributed by atoms with van der Waals surface area (Å²) in [5.74, 6) is -0.126. The molecule has 2 aromatic rings. The molecule has 1 unspecified atom stereocenters. The molecule has 1 atom stereocenters. The summed E-state index contributed by atoms with van der Waals surface area (Å²) in [5.41, 5.74) is 0.907. The maximum Gasteiger partial charge on any atom is 0.246 e. The van der Waals surface area contributed by atoms with Crippen molar-refractivity contribution in [2.75, 3.05) is 18.1 Å². The van der Waals surface area contributed by atoms with Crippen LogP contribution in [0.4, 0.5) is 0 Å². The topological polar surface area (TPSA) is 67.3 Å². The SMILES string of the molecule is CCN(C(=O)/C=C/c1nc2ccccc2s1)C(C)CS(=O)(=O)CC. The average Bonchev–Trinajstić information content (AvgIpc) is 2.96. The van der Waals surface area contributed by atoms with Gasteiger partial charge < -0.3 is 4.90 Å².